The number of aromatic nitrogens is 1. The van der Waals surface area contributed by atoms with Gasteiger partial charge in [-0.05, 0) is 26.0 Å². The summed E-state index contributed by atoms with van der Waals surface area (Å²) in [5.41, 5.74) is 7.79. The number of nitrogen functional groups attached to an aromatic ring is 1. The van der Waals surface area contributed by atoms with Crippen molar-refractivity contribution in [1.29, 1.82) is 0 Å². The van der Waals surface area contributed by atoms with Crippen molar-refractivity contribution >= 4 is 22.4 Å². The average molecular weight is 215 g/mol. The summed E-state index contributed by atoms with van der Waals surface area (Å²) < 4.78 is 0. The molecule has 0 aliphatic carbocycles. The van der Waals surface area contributed by atoms with Crippen LogP contribution in [0.1, 0.15) is 13.8 Å². The summed E-state index contributed by atoms with van der Waals surface area (Å²) in [4.78, 5) is 6.79. The van der Waals surface area contributed by atoms with Crippen LogP contribution in [0, 0.1) is 0 Å². The maximum atomic E-state index is 6.03. The number of benzene rings is 1. The Morgan fingerprint density at radius 3 is 2.56 bits per heavy atom. The fourth-order valence-corrected chi connectivity index (χ4v) is 1.90. The zero-order chi connectivity index (χ0) is 11.5. The lowest BCUT2D eigenvalue weighted by Crippen LogP contribution is -2.24. The Bertz CT molecular complexity index is 490. The standard InChI is InChI=1S/C13H17N3/c1-3-16(4-2)13-11(14)9-10-7-5-6-8-12(10)15-13/h5-9H,3-4,14H2,1-2H3. The molecule has 2 rings (SSSR count). The Kier molecular flexibility index (Phi) is 2.95. The smallest absolute Gasteiger partial charge is 0.152 e. The summed E-state index contributed by atoms with van der Waals surface area (Å²) in [6.07, 6.45) is 0. The lowest BCUT2D eigenvalue weighted by molar-refractivity contribution is 0.851. The highest BCUT2D eigenvalue weighted by Crippen LogP contribution is 2.25. The molecule has 0 aliphatic rings. The first-order chi connectivity index (χ1) is 7.76. The zero-order valence-corrected chi connectivity index (χ0v) is 9.77. The first-order valence-electron chi connectivity index (χ1n) is 5.66. The van der Waals surface area contributed by atoms with E-state index >= 15 is 0 Å². The van der Waals surface area contributed by atoms with Crippen molar-refractivity contribution in [1.82, 2.24) is 4.98 Å². The molecule has 0 aliphatic heterocycles. The third kappa shape index (κ3) is 1.81. The number of para-hydroxylation sites is 1. The number of hydrogen-bond donors (Lipinski definition) is 1. The van der Waals surface area contributed by atoms with Gasteiger partial charge in [0.15, 0.2) is 5.82 Å². The van der Waals surface area contributed by atoms with Gasteiger partial charge >= 0.3 is 0 Å². The molecule has 3 nitrogen and oxygen atoms in total. The van der Waals surface area contributed by atoms with Crippen LogP contribution < -0.4 is 10.6 Å². The molecule has 1 heterocycles. The molecule has 2 aromatic rings. The van der Waals surface area contributed by atoms with Crippen LogP contribution in [0.15, 0.2) is 30.3 Å². The molecule has 1 aromatic carbocycles. The Balaban J connectivity index is 2.57. The van der Waals surface area contributed by atoms with Crippen molar-refractivity contribution in [2.45, 2.75) is 13.8 Å². The predicted octanol–water partition coefficient (Wildman–Crippen LogP) is 2.66. The molecule has 0 saturated heterocycles. The van der Waals surface area contributed by atoms with Gasteiger partial charge in [0.2, 0.25) is 0 Å². The number of nitrogens with two attached hydrogens (primary N) is 1. The molecular weight excluding hydrogens is 198 g/mol. The molecular formula is C13H17N3. The van der Waals surface area contributed by atoms with Crippen LogP contribution in [0.3, 0.4) is 0 Å². The molecule has 0 saturated carbocycles. The van der Waals surface area contributed by atoms with Gasteiger partial charge < -0.3 is 10.6 Å². The summed E-state index contributed by atoms with van der Waals surface area (Å²) in [6.45, 7) is 6.07. The molecule has 0 unspecified atom stereocenters. The van der Waals surface area contributed by atoms with Gasteiger partial charge in [0.25, 0.3) is 0 Å². The number of pyridine rings is 1. The van der Waals surface area contributed by atoms with Crippen molar-refractivity contribution in [3.05, 3.63) is 30.3 Å². The zero-order valence-electron chi connectivity index (χ0n) is 9.77. The molecule has 0 radical (unpaired) electrons. The van der Waals surface area contributed by atoms with E-state index in [0.717, 1.165) is 35.5 Å². The highest BCUT2D eigenvalue weighted by Gasteiger charge is 2.09. The van der Waals surface area contributed by atoms with Crippen molar-refractivity contribution in [2.24, 2.45) is 0 Å². The van der Waals surface area contributed by atoms with Crippen LogP contribution in [-0.2, 0) is 0 Å². The molecule has 16 heavy (non-hydrogen) atoms. The quantitative estimate of drug-likeness (QED) is 0.855. The molecule has 0 spiro atoms. The number of rotatable bonds is 3. The number of fused-ring (bicyclic) bond motifs is 1. The number of nitrogens with zero attached hydrogens (tertiary/aromatic N) is 2. The van der Waals surface area contributed by atoms with E-state index in [2.05, 4.69) is 23.7 Å². The van der Waals surface area contributed by atoms with Crippen molar-refractivity contribution < 1.29 is 0 Å². The number of anilines is 2. The molecule has 1 aromatic heterocycles. The molecule has 0 bridgehead atoms. The highest BCUT2D eigenvalue weighted by molar-refractivity contribution is 5.86. The van der Waals surface area contributed by atoms with Gasteiger partial charge in [-0.3, -0.25) is 0 Å². The topological polar surface area (TPSA) is 42.2 Å². The molecule has 0 fully saturated rings. The van der Waals surface area contributed by atoms with Crippen LogP contribution in [0.2, 0.25) is 0 Å². The second-order valence-electron chi connectivity index (χ2n) is 3.77. The van der Waals surface area contributed by atoms with E-state index in [0.29, 0.717) is 0 Å². The van der Waals surface area contributed by atoms with Crippen LogP contribution >= 0.6 is 0 Å². The van der Waals surface area contributed by atoms with Gasteiger partial charge in [-0.25, -0.2) is 4.98 Å². The van der Waals surface area contributed by atoms with E-state index < -0.39 is 0 Å². The predicted molar refractivity (Wildman–Crippen MR) is 69.7 cm³/mol. The van der Waals surface area contributed by atoms with Crippen molar-refractivity contribution in [3.63, 3.8) is 0 Å². The average Bonchev–Trinajstić information content (AvgIpc) is 2.31. The normalized spacial score (nSPS) is 10.6. The second-order valence-corrected chi connectivity index (χ2v) is 3.77. The molecule has 2 N–H and O–H groups in total. The van der Waals surface area contributed by atoms with Crippen molar-refractivity contribution in [3.8, 4) is 0 Å². The van der Waals surface area contributed by atoms with E-state index in [1.54, 1.807) is 0 Å². The van der Waals surface area contributed by atoms with E-state index in [9.17, 15) is 0 Å². The SMILES string of the molecule is CCN(CC)c1nc2ccccc2cc1N. The first-order valence-corrected chi connectivity index (χ1v) is 5.66. The van der Waals surface area contributed by atoms with Crippen LogP contribution in [-0.4, -0.2) is 18.1 Å². The second kappa shape index (κ2) is 4.39. The summed E-state index contributed by atoms with van der Waals surface area (Å²) in [7, 11) is 0. The summed E-state index contributed by atoms with van der Waals surface area (Å²) in [5, 5.41) is 1.09. The van der Waals surface area contributed by atoms with Crippen LogP contribution in [0.4, 0.5) is 11.5 Å². The van der Waals surface area contributed by atoms with Gasteiger partial charge in [-0.1, -0.05) is 18.2 Å². The minimum Gasteiger partial charge on any atom is -0.396 e. The summed E-state index contributed by atoms with van der Waals surface area (Å²) in [6, 6.07) is 10.0. The highest BCUT2D eigenvalue weighted by atomic mass is 15.2. The van der Waals surface area contributed by atoms with Gasteiger partial charge in [-0.2, -0.15) is 0 Å². The van der Waals surface area contributed by atoms with Crippen LogP contribution in [0.25, 0.3) is 10.9 Å². The largest absolute Gasteiger partial charge is 0.396 e. The third-order valence-corrected chi connectivity index (χ3v) is 2.80. The molecule has 0 amide bonds. The fourth-order valence-electron chi connectivity index (χ4n) is 1.90. The van der Waals surface area contributed by atoms with Crippen molar-refractivity contribution in [2.75, 3.05) is 23.7 Å². The lowest BCUT2D eigenvalue weighted by atomic mass is 10.2. The Morgan fingerprint density at radius 1 is 1.19 bits per heavy atom. The molecule has 0 atom stereocenters. The third-order valence-electron chi connectivity index (χ3n) is 2.80. The van der Waals surface area contributed by atoms with E-state index in [-0.39, 0.29) is 0 Å². The van der Waals surface area contributed by atoms with Gasteiger partial charge in [0.1, 0.15) is 0 Å². The molecule has 3 heteroatoms. The Morgan fingerprint density at radius 2 is 1.88 bits per heavy atom. The maximum Gasteiger partial charge on any atom is 0.152 e. The minimum atomic E-state index is 0.752. The van der Waals surface area contributed by atoms with Gasteiger partial charge in [-0.15, -0.1) is 0 Å². The van der Waals surface area contributed by atoms with E-state index in [1.807, 2.05) is 30.3 Å². The maximum absolute atomic E-state index is 6.03. The number of hydrogen-bond acceptors (Lipinski definition) is 3. The van der Waals surface area contributed by atoms with Gasteiger partial charge in [0, 0.05) is 18.5 Å². The first kappa shape index (κ1) is 10.7. The lowest BCUT2D eigenvalue weighted by Gasteiger charge is -2.21. The van der Waals surface area contributed by atoms with Crippen LogP contribution in [0.5, 0.6) is 0 Å². The fraction of sp³-hybridized carbons (Fsp3) is 0.308. The van der Waals surface area contributed by atoms with E-state index in [1.165, 1.54) is 0 Å². The Hall–Kier alpha value is -1.77. The monoisotopic (exact) mass is 215 g/mol. The summed E-state index contributed by atoms with van der Waals surface area (Å²) in [5.74, 6) is 0.892. The Labute approximate surface area is 95.9 Å². The minimum absolute atomic E-state index is 0.752. The van der Waals surface area contributed by atoms with E-state index in [4.69, 9.17) is 5.73 Å². The molecule has 84 valence electrons. The summed E-state index contributed by atoms with van der Waals surface area (Å²) >= 11 is 0. The van der Waals surface area contributed by atoms with Gasteiger partial charge in [0.05, 0.1) is 11.2 Å².